The van der Waals surface area contributed by atoms with E-state index >= 15 is 0 Å². The lowest BCUT2D eigenvalue weighted by atomic mass is 10.1. The average Bonchev–Trinajstić information content (AvgIpc) is 3.26. The molecule has 0 aliphatic carbocycles. The van der Waals surface area contributed by atoms with E-state index in [9.17, 15) is 9.59 Å². The second-order valence-corrected chi connectivity index (χ2v) is 7.40. The molecule has 0 radical (unpaired) electrons. The molecule has 1 N–H and O–H groups in total. The number of pyridine rings is 1. The van der Waals surface area contributed by atoms with Crippen molar-refractivity contribution in [2.75, 3.05) is 5.32 Å². The molecule has 7 heteroatoms. The Bertz CT molecular complexity index is 1440. The first-order valence-electron chi connectivity index (χ1n) is 10.4. The van der Waals surface area contributed by atoms with Crippen molar-refractivity contribution in [3.63, 3.8) is 0 Å². The maximum Gasteiger partial charge on any atom is 0.258 e. The number of anilines is 1. The molecule has 0 aliphatic rings. The largest absolute Gasteiger partial charge is 0.294 e. The summed E-state index contributed by atoms with van der Waals surface area (Å²) in [6.45, 7) is 0. The summed E-state index contributed by atoms with van der Waals surface area (Å²) in [7, 11) is 0. The van der Waals surface area contributed by atoms with Crippen LogP contribution in [-0.4, -0.2) is 31.4 Å². The number of nitrogens with zero attached hydrogens (tertiary/aromatic N) is 4. The van der Waals surface area contributed by atoms with Crippen molar-refractivity contribution in [3.8, 4) is 5.69 Å². The van der Waals surface area contributed by atoms with Crippen LogP contribution in [0.4, 0.5) is 5.95 Å². The molecule has 2 aromatic heterocycles. The summed E-state index contributed by atoms with van der Waals surface area (Å²) in [6.07, 6.45) is 1.74. The molecule has 0 unspecified atom stereocenters. The van der Waals surface area contributed by atoms with E-state index in [2.05, 4.69) is 20.4 Å². The number of carbonyl (C=O) groups is 2. The fourth-order valence-electron chi connectivity index (χ4n) is 3.61. The number of Topliss-reactive ketones (excluding diaryl/α,β-unsaturated/α-hetero) is 1. The van der Waals surface area contributed by atoms with Crippen molar-refractivity contribution in [1.82, 2.24) is 19.7 Å². The third kappa shape index (κ3) is 4.24. The number of carbonyl (C=O) groups excluding carboxylic acids is 2. The van der Waals surface area contributed by atoms with Crippen LogP contribution in [0.3, 0.4) is 0 Å². The van der Waals surface area contributed by atoms with Crippen LogP contribution in [0.1, 0.15) is 26.5 Å². The Morgan fingerprint density at radius 1 is 0.788 bits per heavy atom. The van der Waals surface area contributed by atoms with Gasteiger partial charge in [-0.2, -0.15) is 4.98 Å². The van der Waals surface area contributed by atoms with Gasteiger partial charge in [0.25, 0.3) is 5.91 Å². The summed E-state index contributed by atoms with van der Waals surface area (Å²) in [6, 6.07) is 27.3. The fourth-order valence-corrected chi connectivity index (χ4v) is 3.61. The van der Waals surface area contributed by atoms with Gasteiger partial charge in [-0.25, -0.2) is 4.68 Å². The van der Waals surface area contributed by atoms with E-state index in [4.69, 9.17) is 0 Å². The van der Waals surface area contributed by atoms with Gasteiger partial charge in [-0.05, 0) is 36.4 Å². The second kappa shape index (κ2) is 8.84. The van der Waals surface area contributed by atoms with Gasteiger partial charge in [0.05, 0.1) is 17.6 Å². The van der Waals surface area contributed by atoms with Crippen molar-refractivity contribution >= 4 is 28.5 Å². The SMILES string of the molecule is O=C(Cc1nc(NC(=O)c2ccccc2)nn1-c1cccc2ncccc12)c1ccccc1. The Morgan fingerprint density at radius 2 is 1.52 bits per heavy atom. The van der Waals surface area contributed by atoms with Crippen LogP contribution in [0.2, 0.25) is 0 Å². The maximum absolute atomic E-state index is 12.9. The van der Waals surface area contributed by atoms with Crippen molar-refractivity contribution < 1.29 is 9.59 Å². The number of amides is 1. The zero-order valence-electron chi connectivity index (χ0n) is 17.6. The zero-order chi connectivity index (χ0) is 22.6. The molecule has 5 aromatic rings. The number of hydrogen-bond donors (Lipinski definition) is 1. The summed E-state index contributed by atoms with van der Waals surface area (Å²) in [5.74, 6) is 0.126. The van der Waals surface area contributed by atoms with E-state index in [0.29, 0.717) is 17.0 Å². The lowest BCUT2D eigenvalue weighted by molar-refractivity contribution is 0.0988. The molecule has 160 valence electrons. The van der Waals surface area contributed by atoms with Gasteiger partial charge >= 0.3 is 0 Å². The number of fused-ring (bicyclic) bond motifs is 1. The minimum absolute atomic E-state index is 0.0227. The zero-order valence-corrected chi connectivity index (χ0v) is 17.6. The van der Waals surface area contributed by atoms with Gasteiger partial charge in [-0.1, -0.05) is 54.6 Å². The molecule has 0 fully saturated rings. The first kappa shape index (κ1) is 20.3. The fraction of sp³-hybridized carbons (Fsp3) is 0.0385. The minimum atomic E-state index is -0.326. The quantitative estimate of drug-likeness (QED) is 0.399. The first-order valence-corrected chi connectivity index (χ1v) is 10.4. The monoisotopic (exact) mass is 433 g/mol. The molecule has 0 bridgehead atoms. The summed E-state index contributed by atoms with van der Waals surface area (Å²) in [4.78, 5) is 34.5. The van der Waals surface area contributed by atoms with Crippen molar-refractivity contribution in [3.05, 3.63) is 114 Å². The Kier molecular flexibility index (Phi) is 5.43. The number of nitrogens with one attached hydrogen (secondary N) is 1. The topological polar surface area (TPSA) is 89.8 Å². The van der Waals surface area contributed by atoms with Crippen molar-refractivity contribution in [1.29, 1.82) is 0 Å². The molecule has 2 heterocycles. The summed E-state index contributed by atoms with van der Waals surface area (Å²) < 4.78 is 1.60. The third-order valence-corrected chi connectivity index (χ3v) is 5.20. The molecule has 0 saturated carbocycles. The van der Waals surface area contributed by atoms with E-state index in [-0.39, 0.29) is 24.1 Å². The van der Waals surface area contributed by atoms with Crippen LogP contribution < -0.4 is 5.32 Å². The molecule has 0 aliphatic heterocycles. The molecule has 0 spiro atoms. The lowest BCUT2D eigenvalue weighted by Crippen LogP contribution is -2.13. The van der Waals surface area contributed by atoms with Gasteiger partial charge in [-0.3, -0.25) is 19.9 Å². The van der Waals surface area contributed by atoms with Crippen LogP contribution in [-0.2, 0) is 6.42 Å². The number of rotatable bonds is 6. The Labute approximate surface area is 189 Å². The lowest BCUT2D eigenvalue weighted by Gasteiger charge is -2.08. The highest BCUT2D eigenvalue weighted by atomic mass is 16.2. The average molecular weight is 433 g/mol. The van der Waals surface area contributed by atoms with Crippen LogP contribution in [0.25, 0.3) is 16.6 Å². The van der Waals surface area contributed by atoms with Crippen molar-refractivity contribution in [2.24, 2.45) is 0 Å². The van der Waals surface area contributed by atoms with Gasteiger partial charge in [0, 0.05) is 22.7 Å². The maximum atomic E-state index is 12.9. The van der Waals surface area contributed by atoms with Gasteiger partial charge in [0.15, 0.2) is 5.78 Å². The third-order valence-electron chi connectivity index (χ3n) is 5.20. The number of hydrogen-bond acceptors (Lipinski definition) is 5. The van der Waals surface area contributed by atoms with Gasteiger partial charge in [-0.15, -0.1) is 5.10 Å². The Hall–Kier alpha value is -4.65. The molecule has 3 aromatic carbocycles. The first-order chi connectivity index (χ1) is 16.2. The highest BCUT2D eigenvalue weighted by Gasteiger charge is 2.19. The molecule has 0 atom stereocenters. The van der Waals surface area contributed by atoms with E-state index in [1.807, 2.05) is 54.6 Å². The summed E-state index contributed by atoms with van der Waals surface area (Å²) in [5, 5.41) is 8.14. The predicted octanol–water partition coefficient (Wildman–Crippen LogP) is 4.49. The van der Waals surface area contributed by atoms with Crippen LogP contribution in [0.15, 0.2) is 97.2 Å². The normalized spacial score (nSPS) is 10.8. The van der Waals surface area contributed by atoms with Crippen LogP contribution in [0, 0.1) is 0 Å². The molecule has 33 heavy (non-hydrogen) atoms. The van der Waals surface area contributed by atoms with Crippen LogP contribution >= 0.6 is 0 Å². The smallest absolute Gasteiger partial charge is 0.258 e. The molecular formula is C26H19N5O2. The molecule has 5 rings (SSSR count). The number of benzene rings is 3. The van der Waals surface area contributed by atoms with Gasteiger partial charge < -0.3 is 0 Å². The number of ketones is 1. The molecular weight excluding hydrogens is 414 g/mol. The van der Waals surface area contributed by atoms with E-state index in [1.54, 1.807) is 47.3 Å². The minimum Gasteiger partial charge on any atom is -0.294 e. The molecule has 0 saturated heterocycles. The highest BCUT2D eigenvalue weighted by molar-refractivity contribution is 6.03. The predicted molar refractivity (Wildman–Crippen MR) is 126 cm³/mol. The standard InChI is InChI=1S/C26H19N5O2/c32-23(18-9-3-1-4-10-18)17-24-28-26(29-25(33)19-11-5-2-6-12-19)30-31(24)22-15-7-14-21-20(22)13-8-16-27-21/h1-16H,17H2,(H,29,30,33). The van der Waals surface area contributed by atoms with Crippen LogP contribution in [0.5, 0.6) is 0 Å². The van der Waals surface area contributed by atoms with Gasteiger partial charge in [0.1, 0.15) is 5.82 Å². The molecule has 1 amide bonds. The highest BCUT2D eigenvalue weighted by Crippen LogP contribution is 2.23. The number of aromatic nitrogens is 4. The van der Waals surface area contributed by atoms with Crippen molar-refractivity contribution in [2.45, 2.75) is 6.42 Å². The Morgan fingerprint density at radius 3 is 2.27 bits per heavy atom. The van der Waals surface area contributed by atoms with E-state index in [1.165, 1.54) is 0 Å². The van der Waals surface area contributed by atoms with Gasteiger partial charge in [0.2, 0.25) is 5.95 Å². The summed E-state index contributed by atoms with van der Waals surface area (Å²) >= 11 is 0. The van der Waals surface area contributed by atoms with E-state index < -0.39 is 0 Å². The van der Waals surface area contributed by atoms with E-state index in [0.717, 1.165) is 16.6 Å². The second-order valence-electron chi connectivity index (χ2n) is 7.40. The molecule has 7 nitrogen and oxygen atoms in total. The summed E-state index contributed by atoms with van der Waals surface area (Å²) in [5.41, 5.74) is 2.59. The Balaban J connectivity index is 1.56.